The molecule has 2 aromatic rings. The van der Waals surface area contributed by atoms with Gasteiger partial charge in [0.05, 0.1) is 11.8 Å². The number of anilines is 1. The van der Waals surface area contributed by atoms with Gasteiger partial charge in [0.15, 0.2) is 0 Å². The molecular weight excluding hydrogens is 324 g/mol. The van der Waals surface area contributed by atoms with Crippen molar-refractivity contribution in [3.05, 3.63) is 46.2 Å². The van der Waals surface area contributed by atoms with Crippen LogP contribution in [0.25, 0.3) is 6.08 Å². The Hall–Kier alpha value is -2.34. The number of carbonyl (C=O) groups excluding carboxylic acids is 2. The van der Waals surface area contributed by atoms with Crippen LogP contribution >= 0.6 is 11.3 Å². The molecule has 0 bridgehead atoms. The molecule has 6 heteroatoms. The minimum atomic E-state index is -0.479. The van der Waals surface area contributed by atoms with E-state index in [1.807, 2.05) is 0 Å². The van der Waals surface area contributed by atoms with Crippen LogP contribution in [0.3, 0.4) is 0 Å². The molecule has 3 rings (SSSR count). The lowest BCUT2D eigenvalue weighted by atomic mass is 9.85. The molecule has 126 valence electrons. The molecule has 1 aliphatic carbocycles. The molecule has 24 heavy (non-hydrogen) atoms. The highest BCUT2D eigenvalue weighted by molar-refractivity contribution is 7.17. The van der Waals surface area contributed by atoms with Crippen LogP contribution in [-0.2, 0) is 17.6 Å². The maximum Gasteiger partial charge on any atom is 0.251 e. The third kappa shape index (κ3) is 3.43. The largest absolute Gasteiger partial charge is 0.465 e. The van der Waals surface area contributed by atoms with Crippen LogP contribution in [0.15, 0.2) is 28.9 Å². The first-order valence-electron chi connectivity index (χ1n) is 8.05. The number of amides is 2. The van der Waals surface area contributed by atoms with Crippen molar-refractivity contribution in [2.45, 2.75) is 32.6 Å². The fourth-order valence-corrected chi connectivity index (χ4v) is 4.42. The van der Waals surface area contributed by atoms with Gasteiger partial charge in [0.1, 0.15) is 10.8 Å². The Morgan fingerprint density at radius 1 is 1.50 bits per heavy atom. The van der Waals surface area contributed by atoms with Gasteiger partial charge in [-0.15, -0.1) is 11.3 Å². The minimum absolute atomic E-state index is 0.306. The number of nitrogens with two attached hydrogens (primary N) is 1. The van der Waals surface area contributed by atoms with Crippen LogP contribution in [0.5, 0.6) is 0 Å². The van der Waals surface area contributed by atoms with Gasteiger partial charge in [-0.25, -0.2) is 0 Å². The molecule has 0 aromatic carbocycles. The normalized spacial score (nSPS) is 17.0. The van der Waals surface area contributed by atoms with Gasteiger partial charge in [-0.2, -0.15) is 0 Å². The summed E-state index contributed by atoms with van der Waals surface area (Å²) in [6.07, 6.45) is 8.50. The molecule has 0 aliphatic heterocycles. The highest BCUT2D eigenvalue weighted by Gasteiger charge is 2.27. The van der Waals surface area contributed by atoms with Crippen molar-refractivity contribution >= 4 is 34.2 Å². The molecule has 0 saturated carbocycles. The van der Waals surface area contributed by atoms with Crippen molar-refractivity contribution in [2.75, 3.05) is 5.32 Å². The van der Waals surface area contributed by atoms with E-state index in [-0.39, 0.29) is 5.91 Å². The number of hydrogen-bond donors (Lipinski definition) is 2. The summed E-state index contributed by atoms with van der Waals surface area (Å²) in [4.78, 5) is 25.2. The second-order valence-corrected chi connectivity index (χ2v) is 7.03. The van der Waals surface area contributed by atoms with E-state index in [9.17, 15) is 9.59 Å². The van der Waals surface area contributed by atoms with Crippen molar-refractivity contribution in [3.63, 3.8) is 0 Å². The lowest BCUT2D eigenvalue weighted by molar-refractivity contribution is -0.111. The Balaban J connectivity index is 1.81. The van der Waals surface area contributed by atoms with E-state index in [1.54, 1.807) is 24.5 Å². The van der Waals surface area contributed by atoms with E-state index in [2.05, 4.69) is 12.2 Å². The van der Waals surface area contributed by atoms with Crippen LogP contribution in [0, 0.1) is 5.92 Å². The average Bonchev–Trinajstić information content (AvgIpc) is 3.19. The van der Waals surface area contributed by atoms with Crippen LogP contribution in [0.1, 0.15) is 46.3 Å². The molecule has 1 aliphatic rings. The number of carbonyl (C=O) groups is 2. The second-order valence-electron chi connectivity index (χ2n) is 5.93. The van der Waals surface area contributed by atoms with Crippen LogP contribution in [0.4, 0.5) is 5.00 Å². The molecule has 2 aromatic heterocycles. The van der Waals surface area contributed by atoms with Crippen molar-refractivity contribution < 1.29 is 14.0 Å². The summed E-state index contributed by atoms with van der Waals surface area (Å²) in [5.41, 5.74) is 7.05. The molecular formula is C18H20N2O3S. The third-order valence-electron chi connectivity index (χ3n) is 4.37. The number of rotatable bonds is 5. The van der Waals surface area contributed by atoms with Crippen molar-refractivity contribution in [2.24, 2.45) is 11.7 Å². The maximum absolute atomic E-state index is 12.1. The second kappa shape index (κ2) is 7.05. The summed E-state index contributed by atoms with van der Waals surface area (Å²) >= 11 is 1.47. The Bertz CT molecular complexity index is 775. The molecule has 0 spiro atoms. The first-order valence-corrected chi connectivity index (χ1v) is 8.87. The third-order valence-corrected chi connectivity index (χ3v) is 5.54. The Morgan fingerprint density at radius 2 is 2.33 bits per heavy atom. The van der Waals surface area contributed by atoms with Gasteiger partial charge < -0.3 is 15.5 Å². The lowest BCUT2D eigenvalue weighted by Crippen LogP contribution is -2.19. The monoisotopic (exact) mass is 344 g/mol. The first kappa shape index (κ1) is 16.5. The fraction of sp³-hybridized carbons (Fsp3) is 0.333. The van der Waals surface area contributed by atoms with E-state index in [0.717, 1.165) is 31.2 Å². The number of nitrogens with one attached hydrogen (secondary N) is 1. The van der Waals surface area contributed by atoms with Gasteiger partial charge >= 0.3 is 0 Å². The molecule has 1 unspecified atom stereocenters. The molecule has 5 nitrogen and oxygen atoms in total. The zero-order valence-corrected chi connectivity index (χ0v) is 14.3. The standard InChI is InChI=1S/C18H20N2O3S/c1-2-11-5-7-13-14(10-11)24-18(16(13)17(19)22)20-15(21)8-6-12-4-3-9-23-12/h3-4,6,8-9,11H,2,5,7,10H2,1H3,(H2,19,22)(H,20,21)/b8-6+. The number of thiophene rings is 1. The molecule has 0 radical (unpaired) electrons. The van der Waals surface area contributed by atoms with Crippen LogP contribution in [-0.4, -0.2) is 11.8 Å². The van der Waals surface area contributed by atoms with Gasteiger partial charge in [0, 0.05) is 11.0 Å². The first-order chi connectivity index (χ1) is 11.6. The molecule has 2 amide bonds. The van der Waals surface area contributed by atoms with Crippen molar-refractivity contribution in [1.82, 2.24) is 0 Å². The number of hydrogen-bond acceptors (Lipinski definition) is 4. The Morgan fingerprint density at radius 3 is 3.00 bits per heavy atom. The molecule has 0 saturated heterocycles. The van der Waals surface area contributed by atoms with Gasteiger partial charge in [-0.05, 0) is 49.0 Å². The molecule has 0 fully saturated rings. The van der Waals surface area contributed by atoms with Crippen LogP contribution in [0.2, 0.25) is 0 Å². The molecule has 3 N–H and O–H groups in total. The van der Waals surface area contributed by atoms with Gasteiger partial charge in [0.2, 0.25) is 5.91 Å². The highest BCUT2D eigenvalue weighted by atomic mass is 32.1. The van der Waals surface area contributed by atoms with E-state index in [4.69, 9.17) is 10.2 Å². The average molecular weight is 344 g/mol. The summed E-state index contributed by atoms with van der Waals surface area (Å²) in [5.74, 6) is 0.447. The smallest absolute Gasteiger partial charge is 0.251 e. The summed E-state index contributed by atoms with van der Waals surface area (Å²) in [6.45, 7) is 2.18. The van der Waals surface area contributed by atoms with Crippen molar-refractivity contribution in [1.29, 1.82) is 0 Å². The zero-order chi connectivity index (χ0) is 17.1. The van der Waals surface area contributed by atoms with E-state index >= 15 is 0 Å². The zero-order valence-electron chi connectivity index (χ0n) is 13.5. The van der Waals surface area contributed by atoms with Gasteiger partial charge in [0.25, 0.3) is 5.91 Å². The van der Waals surface area contributed by atoms with E-state index < -0.39 is 5.91 Å². The number of furan rings is 1. The van der Waals surface area contributed by atoms with E-state index in [0.29, 0.717) is 22.2 Å². The van der Waals surface area contributed by atoms with Gasteiger partial charge in [-0.3, -0.25) is 9.59 Å². The van der Waals surface area contributed by atoms with E-state index in [1.165, 1.54) is 22.3 Å². The molecule has 2 heterocycles. The summed E-state index contributed by atoms with van der Waals surface area (Å²) < 4.78 is 5.15. The van der Waals surface area contributed by atoms with Gasteiger partial charge in [-0.1, -0.05) is 13.3 Å². The predicted molar refractivity (Wildman–Crippen MR) is 95.0 cm³/mol. The predicted octanol–water partition coefficient (Wildman–Crippen LogP) is 3.61. The quantitative estimate of drug-likeness (QED) is 0.813. The topological polar surface area (TPSA) is 85.3 Å². The summed E-state index contributed by atoms with van der Waals surface area (Å²) in [5, 5.41) is 3.35. The maximum atomic E-state index is 12.1. The lowest BCUT2D eigenvalue weighted by Gasteiger charge is -2.20. The van der Waals surface area contributed by atoms with Crippen molar-refractivity contribution in [3.8, 4) is 0 Å². The highest BCUT2D eigenvalue weighted by Crippen LogP contribution is 2.40. The Kier molecular flexibility index (Phi) is 4.85. The number of primary amides is 1. The summed E-state index contributed by atoms with van der Waals surface area (Å²) in [6, 6.07) is 3.51. The fourth-order valence-electron chi connectivity index (χ4n) is 3.05. The SMILES string of the molecule is CCC1CCc2c(sc(NC(=O)/C=C/c3ccco3)c2C(N)=O)C1. The van der Waals surface area contributed by atoms with Crippen LogP contribution < -0.4 is 11.1 Å². The Labute approximate surface area is 144 Å². The number of fused-ring (bicyclic) bond motifs is 1. The summed E-state index contributed by atoms with van der Waals surface area (Å²) in [7, 11) is 0. The minimum Gasteiger partial charge on any atom is -0.465 e. The molecule has 1 atom stereocenters.